The second-order valence-corrected chi connectivity index (χ2v) is 6.31. The Morgan fingerprint density at radius 2 is 2.04 bits per heavy atom. The third-order valence-electron chi connectivity index (χ3n) is 4.58. The van der Waals surface area contributed by atoms with Crippen LogP contribution < -0.4 is 9.80 Å². The van der Waals surface area contributed by atoms with Gasteiger partial charge in [0.25, 0.3) is 0 Å². The molecule has 0 amide bonds. The molecule has 1 aliphatic heterocycles. The van der Waals surface area contributed by atoms with Crippen LogP contribution in [0, 0.1) is 12.7 Å². The third kappa shape index (κ3) is 2.48. The van der Waals surface area contributed by atoms with E-state index in [4.69, 9.17) is 0 Å². The number of rotatable bonds is 2. The summed E-state index contributed by atoms with van der Waals surface area (Å²) in [5, 5.41) is 4.45. The average molecular weight is 325 g/mol. The van der Waals surface area contributed by atoms with Crippen molar-refractivity contribution in [2.24, 2.45) is 0 Å². The molecule has 1 aromatic carbocycles. The molecule has 0 aliphatic carbocycles. The number of aromatic nitrogens is 3. The van der Waals surface area contributed by atoms with Crippen molar-refractivity contribution in [3.05, 3.63) is 54.2 Å². The summed E-state index contributed by atoms with van der Waals surface area (Å²) in [4.78, 5) is 8.96. The van der Waals surface area contributed by atoms with Crippen LogP contribution in [0.3, 0.4) is 0 Å². The highest BCUT2D eigenvalue weighted by Crippen LogP contribution is 2.27. The fourth-order valence-corrected chi connectivity index (χ4v) is 3.47. The van der Waals surface area contributed by atoms with Crippen molar-refractivity contribution >= 4 is 17.0 Å². The van der Waals surface area contributed by atoms with Crippen molar-refractivity contribution in [3.8, 4) is 0 Å². The predicted molar refractivity (Wildman–Crippen MR) is 93.1 cm³/mol. The van der Waals surface area contributed by atoms with Gasteiger partial charge in [0.15, 0.2) is 5.82 Å². The molecule has 0 bridgehead atoms. The number of fused-ring (bicyclic) bond motifs is 1. The van der Waals surface area contributed by atoms with Gasteiger partial charge in [-0.2, -0.15) is 5.10 Å². The zero-order valence-corrected chi connectivity index (χ0v) is 13.9. The Hall–Kier alpha value is -2.63. The van der Waals surface area contributed by atoms with Crippen LogP contribution in [0.15, 0.2) is 42.7 Å². The molecule has 0 N–H and O–H groups in total. The molecular weight excluding hydrogens is 305 g/mol. The first-order valence-corrected chi connectivity index (χ1v) is 8.20. The van der Waals surface area contributed by atoms with E-state index < -0.39 is 0 Å². The number of piperazine rings is 1. The minimum atomic E-state index is -0.163. The van der Waals surface area contributed by atoms with E-state index in [9.17, 15) is 4.39 Å². The molecule has 0 spiro atoms. The van der Waals surface area contributed by atoms with E-state index in [0.717, 1.165) is 36.7 Å². The summed E-state index contributed by atoms with van der Waals surface area (Å²) in [6.45, 7) is 6.47. The molecule has 0 radical (unpaired) electrons. The normalized spacial score (nSPS) is 18.4. The topological polar surface area (TPSA) is 36.7 Å². The summed E-state index contributed by atoms with van der Waals surface area (Å²) in [5.74, 6) is 0.780. The van der Waals surface area contributed by atoms with Gasteiger partial charge in [-0.25, -0.2) is 13.9 Å². The van der Waals surface area contributed by atoms with E-state index in [1.54, 1.807) is 12.3 Å². The number of anilines is 2. The summed E-state index contributed by atoms with van der Waals surface area (Å²) < 4.78 is 16.0. The average Bonchev–Trinajstić information content (AvgIpc) is 2.95. The first kappa shape index (κ1) is 14.9. The standard InChI is InChI=1S/C18H20FN5/c1-13-11-17-18(20-7-8-24(17)21-13)22-9-10-23(14(2)12-22)16-6-4-3-5-15(16)19/h3-8,11,14H,9-10,12H2,1-2H3. The molecular formula is C18H20FN5. The highest BCUT2D eigenvalue weighted by atomic mass is 19.1. The molecule has 1 unspecified atom stereocenters. The first-order chi connectivity index (χ1) is 11.6. The largest absolute Gasteiger partial charge is 0.363 e. The van der Waals surface area contributed by atoms with Gasteiger partial charge in [0.1, 0.15) is 11.3 Å². The summed E-state index contributed by atoms with van der Waals surface area (Å²) in [7, 11) is 0. The minimum Gasteiger partial charge on any atom is -0.363 e. The molecule has 3 heterocycles. The van der Waals surface area contributed by atoms with Gasteiger partial charge in [-0.05, 0) is 32.0 Å². The van der Waals surface area contributed by atoms with Crippen LogP contribution in [0.5, 0.6) is 0 Å². The van der Waals surface area contributed by atoms with Gasteiger partial charge in [-0.1, -0.05) is 12.1 Å². The van der Waals surface area contributed by atoms with Crippen LogP contribution in [0.2, 0.25) is 0 Å². The Morgan fingerprint density at radius 3 is 2.83 bits per heavy atom. The van der Waals surface area contributed by atoms with Crippen molar-refractivity contribution in [3.63, 3.8) is 0 Å². The van der Waals surface area contributed by atoms with Crippen molar-refractivity contribution in [2.45, 2.75) is 19.9 Å². The smallest absolute Gasteiger partial charge is 0.154 e. The van der Waals surface area contributed by atoms with Gasteiger partial charge in [0.2, 0.25) is 0 Å². The van der Waals surface area contributed by atoms with Gasteiger partial charge in [-0.15, -0.1) is 0 Å². The highest BCUT2D eigenvalue weighted by Gasteiger charge is 2.27. The van der Waals surface area contributed by atoms with Gasteiger partial charge in [0, 0.05) is 38.1 Å². The van der Waals surface area contributed by atoms with Crippen LogP contribution in [-0.2, 0) is 0 Å². The number of hydrogen-bond acceptors (Lipinski definition) is 4. The highest BCUT2D eigenvalue weighted by molar-refractivity contribution is 5.69. The molecule has 1 saturated heterocycles. The van der Waals surface area contributed by atoms with Gasteiger partial charge >= 0.3 is 0 Å². The van der Waals surface area contributed by atoms with Crippen molar-refractivity contribution < 1.29 is 4.39 Å². The van der Waals surface area contributed by atoms with E-state index in [1.807, 2.05) is 29.8 Å². The maximum atomic E-state index is 14.1. The van der Waals surface area contributed by atoms with E-state index >= 15 is 0 Å². The lowest BCUT2D eigenvalue weighted by atomic mass is 10.1. The lowest BCUT2D eigenvalue weighted by Crippen LogP contribution is -2.52. The predicted octanol–water partition coefficient (Wildman–Crippen LogP) is 2.89. The zero-order valence-electron chi connectivity index (χ0n) is 13.9. The van der Waals surface area contributed by atoms with E-state index in [-0.39, 0.29) is 11.9 Å². The molecule has 6 heteroatoms. The second kappa shape index (κ2) is 5.78. The van der Waals surface area contributed by atoms with Gasteiger partial charge in [0.05, 0.1) is 11.4 Å². The molecule has 3 aromatic rings. The van der Waals surface area contributed by atoms with Gasteiger partial charge in [-0.3, -0.25) is 0 Å². The molecule has 124 valence electrons. The molecule has 1 aliphatic rings. The van der Waals surface area contributed by atoms with Crippen LogP contribution in [-0.4, -0.2) is 40.3 Å². The molecule has 0 saturated carbocycles. The van der Waals surface area contributed by atoms with Crippen LogP contribution in [0.4, 0.5) is 15.9 Å². The molecule has 1 atom stereocenters. The molecule has 4 rings (SSSR count). The number of para-hydroxylation sites is 1. The van der Waals surface area contributed by atoms with E-state index in [1.165, 1.54) is 6.07 Å². The quantitative estimate of drug-likeness (QED) is 0.726. The summed E-state index contributed by atoms with van der Waals surface area (Å²) in [5.41, 5.74) is 2.67. The van der Waals surface area contributed by atoms with Crippen LogP contribution >= 0.6 is 0 Å². The van der Waals surface area contributed by atoms with E-state index in [2.05, 4.69) is 32.9 Å². The fourth-order valence-electron chi connectivity index (χ4n) is 3.47. The summed E-state index contributed by atoms with van der Waals surface area (Å²) >= 11 is 0. The third-order valence-corrected chi connectivity index (χ3v) is 4.58. The summed E-state index contributed by atoms with van der Waals surface area (Å²) in [6.07, 6.45) is 3.65. The monoisotopic (exact) mass is 325 g/mol. The lowest BCUT2D eigenvalue weighted by molar-refractivity contribution is 0.531. The van der Waals surface area contributed by atoms with E-state index in [0.29, 0.717) is 5.69 Å². The molecule has 5 nitrogen and oxygen atoms in total. The maximum Gasteiger partial charge on any atom is 0.154 e. The van der Waals surface area contributed by atoms with Crippen LogP contribution in [0.25, 0.3) is 5.52 Å². The Balaban J connectivity index is 1.61. The second-order valence-electron chi connectivity index (χ2n) is 6.31. The maximum absolute atomic E-state index is 14.1. The number of benzene rings is 1. The van der Waals surface area contributed by atoms with Crippen LogP contribution in [0.1, 0.15) is 12.6 Å². The Morgan fingerprint density at radius 1 is 1.21 bits per heavy atom. The Labute approximate surface area is 140 Å². The van der Waals surface area contributed by atoms with Crippen molar-refractivity contribution in [1.29, 1.82) is 0 Å². The molecule has 1 fully saturated rings. The molecule has 2 aromatic heterocycles. The van der Waals surface area contributed by atoms with Gasteiger partial charge < -0.3 is 9.80 Å². The Kier molecular flexibility index (Phi) is 3.59. The van der Waals surface area contributed by atoms with Crippen molar-refractivity contribution in [2.75, 3.05) is 29.4 Å². The lowest BCUT2D eigenvalue weighted by Gasteiger charge is -2.41. The zero-order chi connectivity index (χ0) is 16.7. The fraction of sp³-hybridized carbons (Fsp3) is 0.333. The summed E-state index contributed by atoms with van der Waals surface area (Å²) in [6, 6.07) is 9.23. The number of nitrogens with zero attached hydrogens (tertiary/aromatic N) is 5. The minimum absolute atomic E-state index is 0.163. The first-order valence-electron chi connectivity index (χ1n) is 8.20. The molecule has 24 heavy (non-hydrogen) atoms. The Bertz CT molecular complexity index is 875. The number of hydrogen-bond donors (Lipinski definition) is 0. The van der Waals surface area contributed by atoms with Crippen molar-refractivity contribution in [1.82, 2.24) is 14.6 Å². The number of aryl methyl sites for hydroxylation is 1. The number of halogens is 1. The SMILES string of the molecule is Cc1cc2c(N3CCN(c4ccccc4F)C(C)C3)nccn2n1.